The first-order valence-corrected chi connectivity index (χ1v) is 7.34. The zero-order chi connectivity index (χ0) is 14.8. The van der Waals surface area contributed by atoms with E-state index in [1.807, 2.05) is 13.0 Å². The Balaban J connectivity index is 2.09. The maximum absolute atomic E-state index is 13.5. The molecule has 2 rings (SSSR count). The average molecular weight is 280 g/mol. The number of aliphatic hydroxyl groups is 1. The molecule has 0 aromatic heterocycles. The summed E-state index contributed by atoms with van der Waals surface area (Å²) in [5, 5.41) is 13.2. The van der Waals surface area contributed by atoms with Crippen LogP contribution in [0.5, 0.6) is 0 Å². The van der Waals surface area contributed by atoms with Crippen LogP contribution in [0.4, 0.5) is 10.1 Å². The number of halogens is 1. The molecule has 0 saturated carbocycles. The highest BCUT2D eigenvalue weighted by molar-refractivity contribution is 5.48. The fourth-order valence-electron chi connectivity index (χ4n) is 2.91. The van der Waals surface area contributed by atoms with Crippen LogP contribution < -0.4 is 5.32 Å². The maximum atomic E-state index is 13.5. The normalized spacial score (nSPS) is 19.3. The van der Waals surface area contributed by atoms with Crippen molar-refractivity contribution in [2.75, 3.05) is 25.0 Å². The first kappa shape index (κ1) is 15.3. The minimum Gasteiger partial charge on any atom is -0.394 e. The smallest absolute Gasteiger partial charge is 0.125 e. The zero-order valence-electron chi connectivity index (χ0n) is 12.6. The minimum atomic E-state index is -0.328. The number of nitrogens with one attached hydrogen (secondary N) is 1. The van der Waals surface area contributed by atoms with E-state index >= 15 is 0 Å². The van der Waals surface area contributed by atoms with E-state index < -0.39 is 0 Å². The van der Waals surface area contributed by atoms with Gasteiger partial charge in [0, 0.05) is 24.8 Å². The second kappa shape index (κ2) is 6.10. The molecule has 0 atom stereocenters. The van der Waals surface area contributed by atoms with Gasteiger partial charge in [-0.1, -0.05) is 0 Å². The largest absolute Gasteiger partial charge is 0.394 e. The molecule has 1 aromatic rings. The number of hydrogen-bond donors (Lipinski definition) is 2. The minimum absolute atomic E-state index is 0.0779. The lowest BCUT2D eigenvalue weighted by atomic mass is 9.87. The molecule has 1 aromatic carbocycles. The van der Waals surface area contributed by atoms with Crippen molar-refractivity contribution in [3.63, 3.8) is 0 Å². The topological polar surface area (TPSA) is 35.5 Å². The lowest BCUT2D eigenvalue weighted by molar-refractivity contribution is 0.101. The van der Waals surface area contributed by atoms with Crippen LogP contribution in [0.25, 0.3) is 0 Å². The van der Waals surface area contributed by atoms with Gasteiger partial charge in [-0.15, -0.1) is 0 Å². The third-order valence-electron chi connectivity index (χ3n) is 4.24. The number of nitrogens with zero attached hydrogens (tertiary/aromatic N) is 1. The molecule has 0 amide bonds. The number of anilines is 1. The highest BCUT2D eigenvalue weighted by Gasteiger charge is 2.34. The zero-order valence-corrected chi connectivity index (χ0v) is 12.6. The lowest BCUT2D eigenvalue weighted by Crippen LogP contribution is -2.53. The third-order valence-corrected chi connectivity index (χ3v) is 4.24. The Kier molecular flexibility index (Phi) is 4.66. The van der Waals surface area contributed by atoms with E-state index in [2.05, 4.69) is 24.1 Å². The molecule has 1 aliphatic rings. The van der Waals surface area contributed by atoms with Crippen LogP contribution in [-0.4, -0.2) is 41.3 Å². The summed E-state index contributed by atoms with van der Waals surface area (Å²) < 4.78 is 13.5. The molecule has 1 heterocycles. The summed E-state index contributed by atoms with van der Waals surface area (Å²) in [7, 11) is 0. The van der Waals surface area contributed by atoms with Crippen LogP contribution in [0.1, 0.15) is 32.3 Å². The molecular weight excluding hydrogens is 255 g/mol. The molecule has 0 radical (unpaired) electrons. The van der Waals surface area contributed by atoms with Crippen molar-refractivity contribution in [1.29, 1.82) is 0 Å². The number of likely N-dealkylation sites (tertiary alicyclic amines) is 1. The van der Waals surface area contributed by atoms with Gasteiger partial charge in [0.25, 0.3) is 0 Å². The van der Waals surface area contributed by atoms with E-state index in [1.54, 1.807) is 0 Å². The number of hydrogen-bond acceptors (Lipinski definition) is 3. The van der Waals surface area contributed by atoms with Crippen LogP contribution >= 0.6 is 0 Å². The second-order valence-electron chi connectivity index (χ2n) is 6.21. The van der Waals surface area contributed by atoms with Gasteiger partial charge in [0.15, 0.2) is 0 Å². The van der Waals surface area contributed by atoms with Gasteiger partial charge in [-0.2, -0.15) is 0 Å². The van der Waals surface area contributed by atoms with Crippen LogP contribution in [-0.2, 0) is 0 Å². The van der Waals surface area contributed by atoms with Gasteiger partial charge in [-0.25, -0.2) is 4.39 Å². The van der Waals surface area contributed by atoms with E-state index in [9.17, 15) is 9.50 Å². The van der Waals surface area contributed by atoms with Crippen molar-refractivity contribution < 1.29 is 9.50 Å². The molecule has 0 spiro atoms. The monoisotopic (exact) mass is 280 g/mol. The number of rotatable bonds is 4. The number of aryl methyl sites for hydroxylation is 1. The SMILES string of the molecule is Cc1cc(F)cc(NC2(CO)CCN(C(C)C)CC2)c1. The number of benzene rings is 1. The first-order chi connectivity index (χ1) is 9.44. The van der Waals surface area contributed by atoms with Crippen LogP contribution in [0, 0.1) is 12.7 Å². The lowest BCUT2D eigenvalue weighted by Gasteiger charge is -2.43. The second-order valence-corrected chi connectivity index (χ2v) is 6.21. The summed E-state index contributed by atoms with van der Waals surface area (Å²) >= 11 is 0. The van der Waals surface area contributed by atoms with Gasteiger partial charge >= 0.3 is 0 Å². The molecule has 3 nitrogen and oxygen atoms in total. The fourth-order valence-corrected chi connectivity index (χ4v) is 2.91. The van der Waals surface area contributed by atoms with E-state index in [-0.39, 0.29) is 18.0 Å². The van der Waals surface area contributed by atoms with Gasteiger partial charge in [-0.05, 0) is 57.4 Å². The molecule has 20 heavy (non-hydrogen) atoms. The van der Waals surface area contributed by atoms with Crippen molar-refractivity contribution in [3.05, 3.63) is 29.6 Å². The van der Waals surface area contributed by atoms with Gasteiger partial charge in [-0.3, -0.25) is 0 Å². The molecular formula is C16H25FN2O. The molecule has 1 saturated heterocycles. The Hall–Kier alpha value is -1.13. The van der Waals surface area contributed by atoms with Gasteiger partial charge in [0.05, 0.1) is 12.1 Å². The summed E-state index contributed by atoms with van der Waals surface area (Å²) in [4.78, 5) is 2.41. The number of aliphatic hydroxyl groups excluding tert-OH is 1. The van der Waals surface area contributed by atoms with Crippen molar-refractivity contribution in [2.45, 2.75) is 45.2 Å². The van der Waals surface area contributed by atoms with Crippen LogP contribution in [0.2, 0.25) is 0 Å². The van der Waals surface area contributed by atoms with Gasteiger partial charge in [0.2, 0.25) is 0 Å². The molecule has 0 aliphatic carbocycles. The molecule has 1 fully saturated rings. The van der Waals surface area contributed by atoms with Crippen LogP contribution in [0.3, 0.4) is 0 Å². The Labute approximate surface area is 120 Å². The number of piperidine rings is 1. The van der Waals surface area contributed by atoms with E-state index in [1.165, 1.54) is 12.1 Å². The summed E-state index contributed by atoms with van der Waals surface area (Å²) in [5.74, 6) is -0.236. The highest BCUT2D eigenvalue weighted by Crippen LogP contribution is 2.28. The molecule has 0 unspecified atom stereocenters. The Morgan fingerprint density at radius 1 is 1.30 bits per heavy atom. The summed E-state index contributed by atoms with van der Waals surface area (Å²) in [6, 6.07) is 5.47. The van der Waals surface area contributed by atoms with Crippen molar-refractivity contribution in [1.82, 2.24) is 4.90 Å². The van der Waals surface area contributed by atoms with Gasteiger partial charge < -0.3 is 15.3 Å². The third kappa shape index (κ3) is 3.49. The molecule has 2 N–H and O–H groups in total. The Bertz CT molecular complexity index is 434. The fraction of sp³-hybridized carbons (Fsp3) is 0.625. The molecule has 0 bridgehead atoms. The van der Waals surface area contributed by atoms with Gasteiger partial charge in [0.1, 0.15) is 5.82 Å². The molecule has 1 aliphatic heterocycles. The van der Waals surface area contributed by atoms with Crippen LogP contribution in [0.15, 0.2) is 18.2 Å². The Morgan fingerprint density at radius 3 is 2.45 bits per heavy atom. The summed E-state index contributed by atoms with van der Waals surface area (Å²) in [6.45, 7) is 8.25. The van der Waals surface area contributed by atoms with E-state index in [4.69, 9.17) is 0 Å². The molecule has 112 valence electrons. The molecule has 4 heteroatoms. The maximum Gasteiger partial charge on any atom is 0.125 e. The van der Waals surface area contributed by atoms with Crippen molar-refractivity contribution in [3.8, 4) is 0 Å². The summed E-state index contributed by atoms with van der Waals surface area (Å²) in [6.07, 6.45) is 1.74. The van der Waals surface area contributed by atoms with Crippen molar-refractivity contribution >= 4 is 5.69 Å². The quantitative estimate of drug-likeness (QED) is 0.890. The predicted molar refractivity (Wildman–Crippen MR) is 80.5 cm³/mol. The van der Waals surface area contributed by atoms with E-state index in [0.29, 0.717) is 6.04 Å². The summed E-state index contributed by atoms with van der Waals surface area (Å²) in [5.41, 5.74) is 1.32. The predicted octanol–water partition coefficient (Wildman–Crippen LogP) is 2.78. The highest BCUT2D eigenvalue weighted by atomic mass is 19.1. The van der Waals surface area contributed by atoms with E-state index in [0.717, 1.165) is 37.2 Å². The average Bonchev–Trinajstić information content (AvgIpc) is 2.38. The standard InChI is InChI=1S/C16H25FN2O/c1-12(2)19-6-4-16(11-20,5-7-19)18-15-9-13(3)8-14(17)10-15/h8-10,12,18,20H,4-7,11H2,1-3H3. The van der Waals surface area contributed by atoms with Crippen molar-refractivity contribution in [2.24, 2.45) is 0 Å². The first-order valence-electron chi connectivity index (χ1n) is 7.34. The Morgan fingerprint density at radius 2 is 1.95 bits per heavy atom.